The Balaban J connectivity index is 2.12. The van der Waals surface area contributed by atoms with Crippen molar-refractivity contribution in [1.29, 1.82) is 0 Å². The third kappa shape index (κ3) is 6.47. The first-order valence-electron chi connectivity index (χ1n) is 8.11. The number of carbonyl (C=O) groups is 1. The minimum Gasteiger partial charge on any atom is -0.271 e. The molecule has 0 aliphatic rings. The van der Waals surface area contributed by atoms with Crippen molar-refractivity contribution >= 4 is 39.4 Å². The highest BCUT2D eigenvalue weighted by molar-refractivity contribution is 7.92. The molecule has 0 radical (unpaired) electrons. The molecule has 0 fully saturated rings. The molecule has 2 aromatic rings. The highest BCUT2D eigenvalue weighted by atomic mass is 35.5. The molecule has 0 saturated carbocycles. The molecule has 2 aromatic carbocycles. The van der Waals surface area contributed by atoms with E-state index in [0.717, 1.165) is 28.9 Å². The van der Waals surface area contributed by atoms with Gasteiger partial charge in [-0.1, -0.05) is 23.7 Å². The predicted octanol–water partition coefficient (Wildman–Crippen LogP) is 3.58. The van der Waals surface area contributed by atoms with Gasteiger partial charge in [-0.15, -0.1) is 0 Å². The number of carbonyl (C=O) groups excluding carboxylic acids is 1. The van der Waals surface area contributed by atoms with Crippen LogP contribution >= 0.6 is 11.6 Å². The summed E-state index contributed by atoms with van der Waals surface area (Å²) in [6.07, 6.45) is -2.52. The van der Waals surface area contributed by atoms with Crippen molar-refractivity contribution in [2.45, 2.75) is 13.1 Å². The number of amides is 1. The average Bonchev–Trinajstić information content (AvgIpc) is 2.59. The van der Waals surface area contributed by atoms with E-state index in [1.165, 1.54) is 24.3 Å². The molecule has 6 nitrogen and oxygen atoms in total. The second-order valence-corrected chi connectivity index (χ2v) is 8.46. The van der Waals surface area contributed by atoms with E-state index in [1.807, 2.05) is 0 Å². The van der Waals surface area contributed by atoms with Crippen LogP contribution in [0.15, 0.2) is 47.6 Å². The van der Waals surface area contributed by atoms with Gasteiger partial charge in [0, 0.05) is 5.02 Å². The van der Waals surface area contributed by atoms with Gasteiger partial charge in [-0.05, 0) is 48.4 Å². The molecule has 0 aliphatic carbocycles. The zero-order chi connectivity index (χ0) is 21.8. The summed E-state index contributed by atoms with van der Waals surface area (Å²) in [5.41, 5.74) is 2.19. The van der Waals surface area contributed by atoms with E-state index in [4.69, 9.17) is 11.6 Å². The van der Waals surface area contributed by atoms with E-state index < -0.39 is 34.2 Å². The van der Waals surface area contributed by atoms with Gasteiger partial charge < -0.3 is 0 Å². The van der Waals surface area contributed by atoms with E-state index in [-0.39, 0.29) is 11.3 Å². The average molecular weight is 448 g/mol. The fraction of sp³-hybridized carbons (Fsp3) is 0.222. The van der Waals surface area contributed by atoms with Crippen molar-refractivity contribution in [2.75, 3.05) is 17.1 Å². The van der Waals surface area contributed by atoms with E-state index >= 15 is 0 Å². The zero-order valence-corrected chi connectivity index (χ0v) is 16.9. The number of nitrogens with zero attached hydrogens (tertiary/aromatic N) is 2. The molecule has 0 unspecified atom stereocenters. The van der Waals surface area contributed by atoms with E-state index in [9.17, 15) is 26.4 Å². The van der Waals surface area contributed by atoms with Crippen molar-refractivity contribution in [3.05, 3.63) is 64.2 Å². The minimum atomic E-state index is -4.50. The molecule has 0 aliphatic heterocycles. The van der Waals surface area contributed by atoms with Crippen LogP contribution in [0.25, 0.3) is 0 Å². The van der Waals surface area contributed by atoms with Crippen molar-refractivity contribution in [3.63, 3.8) is 0 Å². The Morgan fingerprint density at radius 3 is 2.52 bits per heavy atom. The molecule has 0 atom stereocenters. The number of aryl methyl sites for hydroxylation is 1. The Morgan fingerprint density at radius 2 is 1.93 bits per heavy atom. The highest BCUT2D eigenvalue weighted by Crippen LogP contribution is 2.29. The van der Waals surface area contributed by atoms with E-state index in [0.29, 0.717) is 10.6 Å². The summed E-state index contributed by atoms with van der Waals surface area (Å²) in [7, 11) is -3.80. The summed E-state index contributed by atoms with van der Waals surface area (Å²) in [5, 5.41) is 4.01. The number of hydrogen-bond acceptors (Lipinski definition) is 4. The van der Waals surface area contributed by atoms with Crippen LogP contribution in [0.5, 0.6) is 0 Å². The molecule has 0 bridgehead atoms. The highest BCUT2D eigenvalue weighted by Gasteiger charge is 2.30. The van der Waals surface area contributed by atoms with Crippen LogP contribution in [0.3, 0.4) is 0 Å². The van der Waals surface area contributed by atoms with Crippen LogP contribution in [-0.2, 0) is 21.0 Å². The maximum atomic E-state index is 12.7. The number of sulfonamides is 1. The molecule has 156 valence electrons. The summed E-state index contributed by atoms with van der Waals surface area (Å²) in [5.74, 6) is -0.770. The molecular weight excluding hydrogens is 431 g/mol. The molecule has 0 saturated heterocycles. The molecular formula is C18H17ClF3N3O3S. The number of nitrogens with one attached hydrogen (secondary N) is 1. The van der Waals surface area contributed by atoms with Gasteiger partial charge in [0.25, 0.3) is 5.91 Å². The lowest BCUT2D eigenvalue weighted by atomic mass is 10.1. The maximum absolute atomic E-state index is 12.7. The molecule has 1 amide bonds. The lowest BCUT2D eigenvalue weighted by Crippen LogP contribution is -2.39. The molecule has 0 heterocycles. The van der Waals surface area contributed by atoms with Gasteiger partial charge in [-0.25, -0.2) is 13.8 Å². The third-order valence-corrected chi connectivity index (χ3v) is 5.09. The first-order chi connectivity index (χ1) is 13.4. The Kier molecular flexibility index (Phi) is 6.91. The maximum Gasteiger partial charge on any atom is 0.416 e. The Labute approximate surface area is 171 Å². The first-order valence-corrected chi connectivity index (χ1v) is 10.3. The van der Waals surface area contributed by atoms with Gasteiger partial charge in [-0.3, -0.25) is 9.10 Å². The normalized spacial score (nSPS) is 12.2. The number of benzene rings is 2. The summed E-state index contributed by atoms with van der Waals surface area (Å²) in [6, 6.07) is 8.89. The van der Waals surface area contributed by atoms with Crippen molar-refractivity contribution in [2.24, 2.45) is 5.10 Å². The fourth-order valence-corrected chi connectivity index (χ4v) is 3.56. The number of hydrazone groups is 1. The molecule has 29 heavy (non-hydrogen) atoms. The lowest BCUT2D eigenvalue weighted by molar-refractivity contribution is -0.137. The number of rotatable bonds is 6. The van der Waals surface area contributed by atoms with Gasteiger partial charge in [0.1, 0.15) is 6.54 Å². The standard InChI is InChI=1S/C18H17ClF3N3O3S/c1-12-8-15(19)6-7-16(12)25(29(2,27)28)11-17(26)24-23-10-13-4-3-5-14(9-13)18(20,21)22/h3-10H,11H2,1-2H3,(H,24,26)/b23-10-. The van der Waals surface area contributed by atoms with Gasteiger partial charge in [0.15, 0.2) is 0 Å². The SMILES string of the molecule is Cc1cc(Cl)ccc1N(CC(=O)N/N=C\c1cccc(C(F)(F)F)c1)S(C)(=O)=O. The van der Waals surface area contributed by atoms with Crippen molar-refractivity contribution in [3.8, 4) is 0 Å². The van der Waals surface area contributed by atoms with Crippen LogP contribution in [-0.4, -0.2) is 33.3 Å². The Hall–Kier alpha value is -2.59. The van der Waals surface area contributed by atoms with Gasteiger partial charge >= 0.3 is 6.18 Å². The van der Waals surface area contributed by atoms with Crippen LogP contribution in [0.2, 0.25) is 5.02 Å². The second kappa shape index (κ2) is 8.83. The largest absolute Gasteiger partial charge is 0.416 e. The predicted molar refractivity (Wildman–Crippen MR) is 106 cm³/mol. The lowest BCUT2D eigenvalue weighted by Gasteiger charge is -2.23. The Morgan fingerprint density at radius 1 is 1.24 bits per heavy atom. The van der Waals surface area contributed by atoms with Crippen LogP contribution in [0.4, 0.5) is 18.9 Å². The van der Waals surface area contributed by atoms with E-state index in [1.54, 1.807) is 13.0 Å². The Bertz CT molecular complexity index is 1040. The number of hydrogen-bond donors (Lipinski definition) is 1. The third-order valence-electron chi connectivity index (χ3n) is 3.73. The quantitative estimate of drug-likeness (QED) is 0.543. The first kappa shape index (κ1) is 22.7. The van der Waals surface area contributed by atoms with Gasteiger partial charge in [-0.2, -0.15) is 18.3 Å². The summed E-state index contributed by atoms with van der Waals surface area (Å²) >= 11 is 5.87. The topological polar surface area (TPSA) is 78.8 Å². The monoisotopic (exact) mass is 447 g/mol. The zero-order valence-electron chi connectivity index (χ0n) is 15.4. The summed E-state index contributed by atoms with van der Waals surface area (Å²) < 4.78 is 63.2. The van der Waals surface area contributed by atoms with Gasteiger partial charge in [0.05, 0.1) is 23.7 Å². The smallest absolute Gasteiger partial charge is 0.271 e. The molecule has 1 N–H and O–H groups in total. The summed E-state index contributed by atoms with van der Waals surface area (Å²) in [6.45, 7) is 1.07. The van der Waals surface area contributed by atoms with Crippen LogP contribution in [0.1, 0.15) is 16.7 Å². The number of halogens is 4. The molecule has 2 rings (SSSR count). The van der Waals surface area contributed by atoms with Crippen molar-refractivity contribution in [1.82, 2.24) is 5.43 Å². The number of alkyl halides is 3. The van der Waals surface area contributed by atoms with E-state index in [2.05, 4.69) is 10.5 Å². The van der Waals surface area contributed by atoms with Crippen LogP contribution < -0.4 is 9.73 Å². The molecule has 11 heteroatoms. The fourth-order valence-electron chi connectivity index (χ4n) is 2.42. The van der Waals surface area contributed by atoms with Crippen molar-refractivity contribution < 1.29 is 26.4 Å². The second-order valence-electron chi connectivity index (χ2n) is 6.12. The minimum absolute atomic E-state index is 0.119. The molecule has 0 aromatic heterocycles. The van der Waals surface area contributed by atoms with Gasteiger partial charge in [0.2, 0.25) is 10.0 Å². The molecule has 0 spiro atoms. The number of anilines is 1. The van der Waals surface area contributed by atoms with Crippen LogP contribution in [0, 0.1) is 6.92 Å². The summed E-state index contributed by atoms with van der Waals surface area (Å²) in [4.78, 5) is 12.1.